The normalized spacial score (nSPS) is 14.3. The van der Waals surface area contributed by atoms with Crippen molar-refractivity contribution in [2.45, 2.75) is 25.5 Å². The molecule has 1 aliphatic heterocycles. The fraction of sp³-hybridized carbons (Fsp3) is 0.250. The van der Waals surface area contributed by atoms with E-state index >= 15 is 0 Å². The summed E-state index contributed by atoms with van der Waals surface area (Å²) in [5, 5.41) is 3.03. The van der Waals surface area contributed by atoms with Crippen LogP contribution in [0, 0.1) is 5.82 Å². The molecule has 1 N–H and O–H groups in total. The number of carbonyl (C=O) groups is 2. The highest BCUT2D eigenvalue weighted by Crippen LogP contribution is 2.18. The number of nitrogens with zero attached hydrogens (tertiary/aromatic N) is 1. The van der Waals surface area contributed by atoms with Crippen LogP contribution >= 0.6 is 0 Å². The zero-order valence-electron chi connectivity index (χ0n) is 16.9. The minimum Gasteiger partial charge on any atom is -0.486 e. The highest BCUT2D eigenvalue weighted by atomic mass is 19.1. The Hall–Kier alpha value is -3.61. The molecule has 2 aromatic carbocycles. The predicted octanol–water partition coefficient (Wildman–Crippen LogP) is 4.03. The SMILES string of the molecule is O=C(NC1CCN(C(=O)c2ccc(COc3ccc(F)cc3)o2)CC1)c1ccccc1. The fourth-order valence-electron chi connectivity index (χ4n) is 3.50. The van der Waals surface area contributed by atoms with Crippen LogP contribution < -0.4 is 10.1 Å². The van der Waals surface area contributed by atoms with Crippen molar-refractivity contribution in [1.29, 1.82) is 0 Å². The van der Waals surface area contributed by atoms with E-state index in [9.17, 15) is 14.0 Å². The summed E-state index contributed by atoms with van der Waals surface area (Å²) in [5.74, 6) is 0.678. The molecule has 0 spiro atoms. The quantitative estimate of drug-likeness (QED) is 0.651. The Kier molecular flexibility index (Phi) is 6.31. The number of rotatable bonds is 6. The molecule has 0 unspecified atom stereocenters. The van der Waals surface area contributed by atoms with E-state index in [-0.39, 0.29) is 36.0 Å². The lowest BCUT2D eigenvalue weighted by Crippen LogP contribution is -2.46. The van der Waals surface area contributed by atoms with Gasteiger partial charge in [-0.1, -0.05) is 18.2 Å². The summed E-state index contributed by atoms with van der Waals surface area (Å²) in [7, 11) is 0. The average molecular weight is 422 g/mol. The van der Waals surface area contributed by atoms with Gasteiger partial charge in [0, 0.05) is 24.7 Å². The van der Waals surface area contributed by atoms with Gasteiger partial charge < -0.3 is 19.4 Å². The first-order chi connectivity index (χ1) is 15.1. The number of furan rings is 1. The van der Waals surface area contributed by atoms with E-state index in [1.165, 1.54) is 24.3 Å². The number of likely N-dealkylation sites (tertiary alicyclic amines) is 1. The Morgan fingerprint density at radius 1 is 1.00 bits per heavy atom. The second-order valence-corrected chi connectivity index (χ2v) is 7.41. The van der Waals surface area contributed by atoms with Crippen LogP contribution in [0.1, 0.15) is 39.5 Å². The van der Waals surface area contributed by atoms with Crippen LogP contribution in [-0.2, 0) is 6.61 Å². The monoisotopic (exact) mass is 422 g/mol. The first kappa shape index (κ1) is 20.7. The highest BCUT2D eigenvalue weighted by molar-refractivity contribution is 5.94. The molecule has 31 heavy (non-hydrogen) atoms. The number of carbonyl (C=O) groups excluding carboxylic acids is 2. The Morgan fingerprint density at radius 2 is 1.71 bits per heavy atom. The molecule has 7 heteroatoms. The molecule has 1 fully saturated rings. The van der Waals surface area contributed by atoms with Gasteiger partial charge in [-0.25, -0.2) is 4.39 Å². The van der Waals surface area contributed by atoms with Gasteiger partial charge in [0.25, 0.3) is 11.8 Å². The van der Waals surface area contributed by atoms with Gasteiger partial charge in [-0.3, -0.25) is 9.59 Å². The van der Waals surface area contributed by atoms with Crippen molar-refractivity contribution < 1.29 is 23.1 Å². The second-order valence-electron chi connectivity index (χ2n) is 7.41. The molecule has 0 aliphatic carbocycles. The van der Waals surface area contributed by atoms with E-state index in [0.717, 1.165) is 0 Å². The van der Waals surface area contributed by atoms with E-state index in [1.54, 1.807) is 29.2 Å². The van der Waals surface area contributed by atoms with E-state index < -0.39 is 0 Å². The van der Waals surface area contributed by atoms with Crippen molar-refractivity contribution in [1.82, 2.24) is 10.2 Å². The maximum absolute atomic E-state index is 12.9. The van der Waals surface area contributed by atoms with Crippen LogP contribution in [0.4, 0.5) is 4.39 Å². The molecular formula is C24H23FN2O4. The molecule has 0 bridgehead atoms. The van der Waals surface area contributed by atoms with Gasteiger partial charge in [0.05, 0.1) is 0 Å². The van der Waals surface area contributed by atoms with Crippen molar-refractivity contribution in [3.05, 3.63) is 89.6 Å². The zero-order valence-corrected chi connectivity index (χ0v) is 16.9. The lowest BCUT2D eigenvalue weighted by molar-refractivity contribution is 0.0663. The first-order valence-corrected chi connectivity index (χ1v) is 10.2. The van der Waals surface area contributed by atoms with Gasteiger partial charge in [-0.15, -0.1) is 0 Å². The van der Waals surface area contributed by atoms with E-state index in [2.05, 4.69) is 5.32 Å². The molecule has 4 rings (SSSR count). The van der Waals surface area contributed by atoms with Crippen LogP contribution in [0.3, 0.4) is 0 Å². The molecule has 1 aliphatic rings. The standard InChI is InChI=1S/C24H23FN2O4/c25-18-6-8-20(9-7-18)30-16-21-10-11-22(31-21)24(29)27-14-12-19(13-15-27)26-23(28)17-4-2-1-3-5-17/h1-11,19H,12-16H2,(H,26,28). The highest BCUT2D eigenvalue weighted by Gasteiger charge is 2.26. The number of benzene rings is 2. The molecule has 2 amide bonds. The number of ether oxygens (including phenoxy) is 1. The Bertz CT molecular complexity index is 1030. The molecule has 1 saturated heterocycles. The van der Waals surface area contributed by atoms with Crippen molar-refractivity contribution in [3.63, 3.8) is 0 Å². The Balaban J connectivity index is 1.26. The lowest BCUT2D eigenvalue weighted by Gasteiger charge is -2.31. The summed E-state index contributed by atoms with van der Waals surface area (Å²) < 4.78 is 24.1. The van der Waals surface area contributed by atoms with Crippen LogP contribution in [0.15, 0.2) is 71.1 Å². The molecule has 6 nitrogen and oxygen atoms in total. The van der Waals surface area contributed by atoms with Crippen molar-refractivity contribution >= 4 is 11.8 Å². The number of nitrogens with one attached hydrogen (secondary N) is 1. The minimum absolute atomic E-state index is 0.0352. The van der Waals surface area contributed by atoms with Gasteiger partial charge in [-0.2, -0.15) is 0 Å². The summed E-state index contributed by atoms with van der Waals surface area (Å²) in [6, 6.07) is 18.2. The van der Waals surface area contributed by atoms with Crippen molar-refractivity contribution in [2.75, 3.05) is 13.1 Å². The van der Waals surface area contributed by atoms with Crippen LogP contribution in [0.2, 0.25) is 0 Å². The maximum Gasteiger partial charge on any atom is 0.289 e. The van der Waals surface area contributed by atoms with Crippen LogP contribution in [0.5, 0.6) is 5.75 Å². The van der Waals surface area contributed by atoms with Gasteiger partial charge in [-0.05, 0) is 61.4 Å². The van der Waals surface area contributed by atoms with Gasteiger partial charge >= 0.3 is 0 Å². The van der Waals surface area contributed by atoms with Gasteiger partial charge in [0.1, 0.15) is 23.9 Å². The summed E-state index contributed by atoms with van der Waals surface area (Å²) in [5.41, 5.74) is 0.631. The largest absolute Gasteiger partial charge is 0.486 e. The summed E-state index contributed by atoms with van der Waals surface area (Å²) in [6.45, 7) is 1.23. The second kappa shape index (κ2) is 9.47. The summed E-state index contributed by atoms with van der Waals surface area (Å²) in [6.07, 6.45) is 1.37. The van der Waals surface area contributed by atoms with E-state index in [4.69, 9.17) is 9.15 Å². The number of halogens is 1. The number of piperidine rings is 1. The third-order valence-corrected chi connectivity index (χ3v) is 5.22. The predicted molar refractivity (Wildman–Crippen MR) is 112 cm³/mol. The Morgan fingerprint density at radius 3 is 2.42 bits per heavy atom. The molecule has 0 atom stereocenters. The Labute approximate surface area is 179 Å². The molecular weight excluding hydrogens is 399 g/mol. The molecule has 3 aromatic rings. The third-order valence-electron chi connectivity index (χ3n) is 5.22. The average Bonchev–Trinajstić information content (AvgIpc) is 3.28. The summed E-state index contributed by atoms with van der Waals surface area (Å²) in [4.78, 5) is 26.8. The minimum atomic E-state index is -0.332. The maximum atomic E-state index is 12.9. The fourth-order valence-corrected chi connectivity index (χ4v) is 3.50. The molecule has 2 heterocycles. The lowest BCUT2D eigenvalue weighted by atomic mass is 10.0. The third kappa shape index (κ3) is 5.31. The molecule has 160 valence electrons. The zero-order chi connectivity index (χ0) is 21.6. The van der Waals surface area contributed by atoms with Crippen molar-refractivity contribution in [3.8, 4) is 5.75 Å². The molecule has 0 saturated carbocycles. The van der Waals surface area contributed by atoms with Crippen molar-refractivity contribution in [2.24, 2.45) is 0 Å². The molecule has 1 aromatic heterocycles. The number of amides is 2. The van der Waals surface area contributed by atoms with E-state index in [0.29, 0.717) is 43.0 Å². The van der Waals surface area contributed by atoms with E-state index in [1.807, 2.05) is 18.2 Å². The van der Waals surface area contributed by atoms with Crippen LogP contribution in [0.25, 0.3) is 0 Å². The van der Waals surface area contributed by atoms with Gasteiger partial charge in [0.2, 0.25) is 0 Å². The first-order valence-electron chi connectivity index (χ1n) is 10.2. The number of hydrogen-bond acceptors (Lipinski definition) is 4. The summed E-state index contributed by atoms with van der Waals surface area (Å²) >= 11 is 0. The van der Waals surface area contributed by atoms with Gasteiger partial charge in [0.15, 0.2) is 5.76 Å². The smallest absolute Gasteiger partial charge is 0.289 e. The van der Waals surface area contributed by atoms with Crippen LogP contribution in [-0.4, -0.2) is 35.8 Å². The molecule has 0 radical (unpaired) electrons. The number of hydrogen-bond donors (Lipinski definition) is 1. The topological polar surface area (TPSA) is 71.8 Å².